The second kappa shape index (κ2) is 11.4. The fourth-order valence-corrected chi connectivity index (χ4v) is 4.26. The number of nitrogens with two attached hydrogens (primary N) is 1. The number of fused-ring (bicyclic) bond motifs is 1. The number of nitrogens with zero attached hydrogens (tertiary/aromatic N) is 2. The summed E-state index contributed by atoms with van der Waals surface area (Å²) < 4.78 is 18.3. The van der Waals surface area contributed by atoms with Crippen LogP contribution in [0.25, 0.3) is 22.4 Å². The summed E-state index contributed by atoms with van der Waals surface area (Å²) in [7, 11) is 0. The van der Waals surface area contributed by atoms with Crippen LogP contribution in [0.4, 0.5) is 0 Å². The molecular formula is C27H35N3O6. The highest BCUT2D eigenvalue weighted by Gasteiger charge is 2.37. The number of esters is 1. The van der Waals surface area contributed by atoms with Gasteiger partial charge in [0.25, 0.3) is 0 Å². The lowest BCUT2D eigenvalue weighted by molar-refractivity contribution is -0.152. The van der Waals surface area contributed by atoms with Gasteiger partial charge in [-0.05, 0) is 30.4 Å². The summed E-state index contributed by atoms with van der Waals surface area (Å²) in [5.41, 5.74) is 7.68. The molecule has 0 radical (unpaired) electrons. The maximum Gasteiger partial charge on any atom is 0.353 e. The third-order valence-electron chi connectivity index (χ3n) is 6.64. The largest absolute Gasteiger partial charge is 0.462 e. The Hall–Kier alpha value is -3.01. The van der Waals surface area contributed by atoms with Gasteiger partial charge >= 0.3 is 11.7 Å². The van der Waals surface area contributed by atoms with Crippen LogP contribution in [0.1, 0.15) is 58.2 Å². The number of rotatable bonds is 10. The topological polar surface area (TPSA) is 130 Å². The van der Waals surface area contributed by atoms with E-state index in [4.69, 9.17) is 19.6 Å². The van der Waals surface area contributed by atoms with Crippen LogP contribution in [0, 0.1) is 5.92 Å². The Labute approximate surface area is 210 Å². The molecule has 9 nitrogen and oxygen atoms in total. The van der Waals surface area contributed by atoms with E-state index in [1.165, 1.54) is 29.4 Å². The van der Waals surface area contributed by atoms with E-state index < -0.39 is 36.1 Å². The maximum atomic E-state index is 12.7. The molecule has 1 aliphatic heterocycles. The van der Waals surface area contributed by atoms with Gasteiger partial charge in [-0.1, -0.05) is 57.9 Å². The Morgan fingerprint density at radius 3 is 2.72 bits per heavy atom. The summed E-state index contributed by atoms with van der Waals surface area (Å²) in [5, 5.41) is 11.1. The summed E-state index contributed by atoms with van der Waals surface area (Å²) in [4.78, 5) is 28.8. The van der Waals surface area contributed by atoms with Crippen molar-refractivity contribution in [1.82, 2.24) is 9.55 Å². The van der Waals surface area contributed by atoms with Crippen molar-refractivity contribution in [1.29, 1.82) is 0 Å². The molecule has 3 heterocycles. The zero-order valence-electron chi connectivity index (χ0n) is 21.1. The molecule has 0 saturated carbocycles. The number of carbonyl (C=O) groups excluding carboxylic acids is 1. The minimum Gasteiger partial charge on any atom is -0.462 e. The van der Waals surface area contributed by atoms with Crippen LogP contribution < -0.4 is 11.4 Å². The van der Waals surface area contributed by atoms with Gasteiger partial charge in [-0.15, -0.1) is 0 Å². The van der Waals surface area contributed by atoms with Crippen molar-refractivity contribution in [3.05, 3.63) is 52.6 Å². The molecule has 3 N–H and O–H groups in total. The van der Waals surface area contributed by atoms with E-state index in [1.54, 1.807) is 6.20 Å². The first-order valence-electron chi connectivity index (χ1n) is 12.6. The van der Waals surface area contributed by atoms with E-state index in [-0.39, 0.29) is 24.7 Å². The first-order chi connectivity index (χ1) is 17.3. The van der Waals surface area contributed by atoms with E-state index in [0.717, 1.165) is 12.0 Å². The minimum atomic E-state index is -0.906. The average Bonchev–Trinajstić information content (AvgIpc) is 3.44. The lowest BCUT2D eigenvalue weighted by Gasteiger charge is -2.18. The third kappa shape index (κ3) is 5.86. The van der Waals surface area contributed by atoms with Crippen LogP contribution in [-0.4, -0.2) is 45.5 Å². The lowest BCUT2D eigenvalue weighted by Crippen LogP contribution is -2.39. The summed E-state index contributed by atoms with van der Waals surface area (Å²) in [5.74, 6) is -0.00235. The monoisotopic (exact) mass is 497 g/mol. The molecule has 1 saturated heterocycles. The quantitative estimate of drug-likeness (QED) is 0.321. The second-order valence-corrected chi connectivity index (χ2v) is 9.79. The number of benzene rings is 1. The second-order valence-electron chi connectivity index (χ2n) is 9.79. The number of hydrogen-bond donors (Lipinski definition) is 2. The summed E-state index contributed by atoms with van der Waals surface area (Å²) in [6.45, 7) is 5.69. The Kier molecular flexibility index (Phi) is 8.23. The van der Waals surface area contributed by atoms with Crippen molar-refractivity contribution in [2.75, 3.05) is 6.61 Å². The molecule has 4 atom stereocenters. The summed E-state index contributed by atoms with van der Waals surface area (Å²) in [6, 6.07) is 9.31. The molecule has 0 amide bonds. The molecule has 1 aliphatic rings. The predicted octanol–water partition coefficient (Wildman–Crippen LogP) is 3.56. The van der Waals surface area contributed by atoms with Crippen molar-refractivity contribution < 1.29 is 23.8 Å². The van der Waals surface area contributed by atoms with Crippen molar-refractivity contribution in [3.63, 3.8) is 0 Å². The molecule has 194 valence electrons. The summed E-state index contributed by atoms with van der Waals surface area (Å²) in [6.07, 6.45) is 4.00. The van der Waals surface area contributed by atoms with E-state index in [2.05, 4.69) is 24.0 Å². The SMILES string of the molecule is CCCCCc1ccc(-c2cc3cn(C4CC(O)C(COC(=O)C(N)C(C)C)O4)c(=O)nc3o2)cc1. The Bertz CT molecular complexity index is 1230. The van der Waals surface area contributed by atoms with Gasteiger partial charge in [-0.2, -0.15) is 4.98 Å². The molecule has 3 aromatic rings. The average molecular weight is 498 g/mol. The molecule has 0 bridgehead atoms. The van der Waals surface area contributed by atoms with Gasteiger partial charge in [0.1, 0.15) is 30.7 Å². The number of unbranched alkanes of at least 4 members (excludes halogenated alkanes) is 2. The highest BCUT2D eigenvalue weighted by atomic mass is 16.6. The van der Waals surface area contributed by atoms with Crippen LogP contribution >= 0.6 is 0 Å². The van der Waals surface area contributed by atoms with Gasteiger partial charge in [0.2, 0.25) is 5.71 Å². The highest BCUT2D eigenvalue weighted by molar-refractivity contribution is 5.79. The van der Waals surface area contributed by atoms with E-state index in [9.17, 15) is 14.7 Å². The van der Waals surface area contributed by atoms with Gasteiger partial charge in [-0.25, -0.2) is 4.79 Å². The van der Waals surface area contributed by atoms with Crippen LogP contribution in [-0.2, 0) is 20.7 Å². The number of furan rings is 1. The number of hydrogen-bond acceptors (Lipinski definition) is 8. The van der Waals surface area contributed by atoms with Crippen LogP contribution in [0.15, 0.2) is 45.7 Å². The van der Waals surface area contributed by atoms with Crippen molar-refractivity contribution in [2.45, 2.75) is 77.4 Å². The predicted molar refractivity (Wildman–Crippen MR) is 135 cm³/mol. The van der Waals surface area contributed by atoms with Gasteiger partial charge < -0.3 is 24.7 Å². The molecule has 1 aromatic carbocycles. The maximum absolute atomic E-state index is 12.7. The molecular weight excluding hydrogens is 462 g/mol. The zero-order chi connectivity index (χ0) is 25.8. The van der Waals surface area contributed by atoms with Gasteiger partial charge in [-0.3, -0.25) is 9.36 Å². The number of aryl methyl sites for hydroxylation is 1. The molecule has 36 heavy (non-hydrogen) atoms. The molecule has 4 rings (SSSR count). The van der Waals surface area contributed by atoms with Crippen molar-refractivity contribution >= 4 is 17.1 Å². The van der Waals surface area contributed by atoms with Gasteiger partial charge in [0.15, 0.2) is 0 Å². The minimum absolute atomic E-state index is 0.0698. The van der Waals surface area contributed by atoms with Gasteiger partial charge in [0.05, 0.1) is 11.5 Å². The van der Waals surface area contributed by atoms with Crippen molar-refractivity contribution in [3.8, 4) is 11.3 Å². The van der Waals surface area contributed by atoms with Crippen LogP contribution in [0.3, 0.4) is 0 Å². The third-order valence-corrected chi connectivity index (χ3v) is 6.64. The number of ether oxygens (including phenoxy) is 2. The van der Waals surface area contributed by atoms with Gasteiger partial charge in [0, 0.05) is 18.2 Å². The van der Waals surface area contributed by atoms with E-state index in [1.807, 2.05) is 32.0 Å². The molecule has 9 heteroatoms. The number of aromatic nitrogens is 2. The Morgan fingerprint density at radius 1 is 1.28 bits per heavy atom. The molecule has 0 spiro atoms. The first-order valence-corrected chi connectivity index (χ1v) is 12.6. The zero-order valence-corrected chi connectivity index (χ0v) is 21.1. The molecule has 4 unspecified atom stereocenters. The fraction of sp³-hybridized carbons (Fsp3) is 0.519. The fourth-order valence-electron chi connectivity index (χ4n) is 4.26. The first kappa shape index (κ1) is 26.1. The molecule has 1 fully saturated rings. The summed E-state index contributed by atoms with van der Waals surface area (Å²) >= 11 is 0. The standard InChI is InChI=1S/C27H35N3O6/c1-4-5-6-7-17-8-10-18(11-9-17)21-12-19-14-30(27(33)29-25(19)36-21)23-13-20(31)22(35-23)15-34-26(32)24(28)16(2)3/h8-12,14,16,20,22-24,31H,4-7,13,15,28H2,1-3H3. The Balaban J connectivity index is 1.46. The van der Waals surface area contributed by atoms with Crippen molar-refractivity contribution in [2.24, 2.45) is 11.7 Å². The lowest BCUT2D eigenvalue weighted by atomic mass is 10.0. The molecule has 0 aliphatic carbocycles. The number of aliphatic hydroxyl groups is 1. The normalized spacial score (nSPS) is 20.8. The van der Waals surface area contributed by atoms with Crippen LogP contribution in [0.2, 0.25) is 0 Å². The highest BCUT2D eigenvalue weighted by Crippen LogP contribution is 2.31. The Morgan fingerprint density at radius 2 is 2.03 bits per heavy atom. The smallest absolute Gasteiger partial charge is 0.353 e. The van der Waals surface area contributed by atoms with E-state index in [0.29, 0.717) is 11.1 Å². The molecule has 2 aromatic heterocycles. The van der Waals surface area contributed by atoms with E-state index >= 15 is 0 Å². The number of aliphatic hydroxyl groups excluding tert-OH is 1. The van der Waals surface area contributed by atoms with Crippen LogP contribution in [0.5, 0.6) is 0 Å². The number of carbonyl (C=O) groups is 1.